The predicted molar refractivity (Wildman–Crippen MR) is 102 cm³/mol. The van der Waals surface area contributed by atoms with Crippen molar-refractivity contribution in [2.75, 3.05) is 6.54 Å². The zero-order valence-corrected chi connectivity index (χ0v) is 15.6. The lowest BCUT2D eigenvalue weighted by molar-refractivity contribution is 0.0525. The Bertz CT molecular complexity index is 766. The van der Waals surface area contributed by atoms with Gasteiger partial charge >= 0.3 is 6.09 Å². The number of carbonyl (C=O) groups excluding carboxylic acids is 1. The van der Waals surface area contributed by atoms with Gasteiger partial charge in [0.1, 0.15) is 5.60 Å². The monoisotopic (exact) mass is 357 g/mol. The second-order valence-electron chi connectivity index (χ2n) is 7.62. The Kier molecular flexibility index (Phi) is 5.05. The van der Waals surface area contributed by atoms with Crippen molar-refractivity contribution in [3.05, 3.63) is 59.1 Å². The lowest BCUT2D eigenvalue weighted by atomic mass is 10.0. The normalized spacial score (nSPS) is 19.4. The van der Waals surface area contributed by atoms with Crippen LogP contribution in [0.25, 0.3) is 11.1 Å². The van der Waals surface area contributed by atoms with Gasteiger partial charge in [-0.25, -0.2) is 4.79 Å². The first-order valence-corrected chi connectivity index (χ1v) is 9.02. The SMILES string of the molecule is CC(C)(C)OC(=O)NCC1CC1c1cccc(-c2cccc(Cl)c2)c1. The van der Waals surface area contributed by atoms with Crippen molar-refractivity contribution in [2.24, 2.45) is 5.92 Å². The molecule has 0 bridgehead atoms. The Morgan fingerprint density at radius 3 is 2.52 bits per heavy atom. The molecule has 1 amide bonds. The highest BCUT2D eigenvalue weighted by Crippen LogP contribution is 2.47. The van der Waals surface area contributed by atoms with Gasteiger partial charge in [0.15, 0.2) is 0 Å². The van der Waals surface area contributed by atoms with Crippen molar-refractivity contribution in [1.29, 1.82) is 0 Å². The maximum absolute atomic E-state index is 11.8. The summed E-state index contributed by atoms with van der Waals surface area (Å²) in [4.78, 5) is 11.8. The quantitative estimate of drug-likeness (QED) is 0.769. The van der Waals surface area contributed by atoms with Gasteiger partial charge in [0.2, 0.25) is 0 Å². The van der Waals surface area contributed by atoms with Gasteiger partial charge in [-0.15, -0.1) is 0 Å². The van der Waals surface area contributed by atoms with Gasteiger partial charge < -0.3 is 10.1 Å². The van der Waals surface area contributed by atoms with Crippen LogP contribution in [0.3, 0.4) is 0 Å². The zero-order chi connectivity index (χ0) is 18.0. The lowest BCUT2D eigenvalue weighted by Gasteiger charge is -2.19. The molecule has 0 saturated heterocycles. The van der Waals surface area contributed by atoms with Crippen LogP contribution in [0, 0.1) is 5.92 Å². The van der Waals surface area contributed by atoms with E-state index >= 15 is 0 Å². The molecule has 2 atom stereocenters. The van der Waals surface area contributed by atoms with E-state index in [1.165, 1.54) is 11.1 Å². The van der Waals surface area contributed by atoms with E-state index in [2.05, 4.69) is 35.6 Å². The van der Waals surface area contributed by atoms with E-state index in [0.717, 1.165) is 17.0 Å². The summed E-state index contributed by atoms with van der Waals surface area (Å²) >= 11 is 6.10. The van der Waals surface area contributed by atoms with Crippen molar-refractivity contribution >= 4 is 17.7 Å². The van der Waals surface area contributed by atoms with Crippen LogP contribution in [0.1, 0.15) is 38.7 Å². The third-order valence-corrected chi connectivity index (χ3v) is 4.54. The van der Waals surface area contributed by atoms with Crippen LogP contribution in [0.2, 0.25) is 5.02 Å². The highest BCUT2D eigenvalue weighted by atomic mass is 35.5. The molecular weight excluding hydrogens is 334 g/mol. The lowest BCUT2D eigenvalue weighted by Crippen LogP contribution is -2.33. The van der Waals surface area contributed by atoms with Crippen LogP contribution in [0.15, 0.2) is 48.5 Å². The Morgan fingerprint density at radius 2 is 1.84 bits per heavy atom. The van der Waals surface area contributed by atoms with E-state index < -0.39 is 5.60 Å². The average Bonchev–Trinajstić information content (AvgIpc) is 3.31. The van der Waals surface area contributed by atoms with Gasteiger partial charge in [0.25, 0.3) is 0 Å². The molecule has 1 saturated carbocycles. The van der Waals surface area contributed by atoms with Gasteiger partial charge in [-0.2, -0.15) is 0 Å². The molecule has 0 radical (unpaired) electrons. The summed E-state index contributed by atoms with van der Waals surface area (Å²) in [6.45, 7) is 6.26. The topological polar surface area (TPSA) is 38.3 Å². The fourth-order valence-corrected chi connectivity index (χ4v) is 3.22. The van der Waals surface area contributed by atoms with E-state index in [1.807, 2.05) is 39.0 Å². The molecule has 3 rings (SSSR count). The van der Waals surface area contributed by atoms with Gasteiger partial charge in [0, 0.05) is 11.6 Å². The minimum absolute atomic E-state index is 0.342. The number of hydrogen-bond donors (Lipinski definition) is 1. The molecular formula is C21H24ClNO2. The maximum atomic E-state index is 11.8. The first-order valence-electron chi connectivity index (χ1n) is 8.64. The van der Waals surface area contributed by atoms with Crippen molar-refractivity contribution < 1.29 is 9.53 Å². The van der Waals surface area contributed by atoms with Crippen LogP contribution < -0.4 is 5.32 Å². The van der Waals surface area contributed by atoms with Crippen molar-refractivity contribution in [1.82, 2.24) is 5.32 Å². The Balaban J connectivity index is 1.59. The molecule has 132 valence electrons. The second-order valence-corrected chi connectivity index (χ2v) is 8.06. The highest BCUT2D eigenvalue weighted by Gasteiger charge is 2.38. The summed E-state index contributed by atoms with van der Waals surface area (Å²) in [7, 11) is 0. The molecule has 0 spiro atoms. The third-order valence-electron chi connectivity index (χ3n) is 4.30. The minimum atomic E-state index is -0.460. The molecule has 3 nitrogen and oxygen atoms in total. The third kappa shape index (κ3) is 4.99. The molecule has 4 heteroatoms. The number of nitrogens with one attached hydrogen (secondary N) is 1. The summed E-state index contributed by atoms with van der Waals surface area (Å²) in [6.07, 6.45) is 0.750. The number of amides is 1. The molecule has 0 aromatic heterocycles. The average molecular weight is 358 g/mol. The zero-order valence-electron chi connectivity index (χ0n) is 14.9. The second kappa shape index (κ2) is 7.09. The van der Waals surface area contributed by atoms with E-state index in [0.29, 0.717) is 18.4 Å². The first-order chi connectivity index (χ1) is 11.8. The number of alkyl carbamates (subject to hydrolysis) is 1. The van der Waals surface area contributed by atoms with Crippen LogP contribution in [-0.2, 0) is 4.74 Å². The molecule has 0 aliphatic heterocycles. The summed E-state index contributed by atoms with van der Waals surface area (Å²) in [6, 6.07) is 16.5. The van der Waals surface area contributed by atoms with Crippen molar-refractivity contribution in [2.45, 2.75) is 38.7 Å². The largest absolute Gasteiger partial charge is 0.444 e. The molecule has 1 fully saturated rings. The molecule has 2 unspecified atom stereocenters. The van der Waals surface area contributed by atoms with E-state index in [9.17, 15) is 4.79 Å². The smallest absolute Gasteiger partial charge is 0.407 e. The number of benzene rings is 2. The Morgan fingerprint density at radius 1 is 1.16 bits per heavy atom. The van der Waals surface area contributed by atoms with Gasteiger partial charge in [-0.3, -0.25) is 0 Å². The molecule has 1 aliphatic carbocycles. The van der Waals surface area contributed by atoms with E-state index in [-0.39, 0.29) is 6.09 Å². The Labute approximate surface area is 154 Å². The maximum Gasteiger partial charge on any atom is 0.407 e. The van der Waals surface area contributed by atoms with Crippen molar-refractivity contribution in [3.63, 3.8) is 0 Å². The van der Waals surface area contributed by atoms with Crippen molar-refractivity contribution in [3.8, 4) is 11.1 Å². The molecule has 0 heterocycles. The molecule has 1 N–H and O–H groups in total. The number of ether oxygens (including phenoxy) is 1. The number of hydrogen-bond acceptors (Lipinski definition) is 2. The first kappa shape index (κ1) is 17.8. The summed E-state index contributed by atoms with van der Waals surface area (Å²) in [5, 5.41) is 3.62. The molecule has 2 aromatic carbocycles. The summed E-state index contributed by atoms with van der Waals surface area (Å²) < 4.78 is 5.28. The fourth-order valence-electron chi connectivity index (χ4n) is 3.03. The summed E-state index contributed by atoms with van der Waals surface area (Å²) in [5.41, 5.74) is 3.15. The molecule has 1 aliphatic rings. The number of rotatable bonds is 4. The highest BCUT2D eigenvalue weighted by molar-refractivity contribution is 6.30. The van der Waals surface area contributed by atoms with Gasteiger partial charge in [0.05, 0.1) is 0 Å². The van der Waals surface area contributed by atoms with E-state index in [4.69, 9.17) is 16.3 Å². The van der Waals surface area contributed by atoms with Crippen LogP contribution in [0.5, 0.6) is 0 Å². The van der Waals surface area contributed by atoms with Crippen LogP contribution >= 0.6 is 11.6 Å². The van der Waals surface area contributed by atoms with Gasteiger partial charge in [-0.05, 0) is 67.9 Å². The fraction of sp³-hybridized carbons (Fsp3) is 0.381. The number of halogens is 1. The Hall–Kier alpha value is -2.00. The standard InChI is InChI=1S/C21H24ClNO2/c1-21(2,3)25-20(24)23-13-17-12-19(17)16-8-4-6-14(10-16)15-7-5-9-18(22)11-15/h4-11,17,19H,12-13H2,1-3H3,(H,23,24). The molecule has 2 aromatic rings. The van der Waals surface area contributed by atoms with Crippen LogP contribution in [-0.4, -0.2) is 18.2 Å². The molecule has 25 heavy (non-hydrogen) atoms. The van der Waals surface area contributed by atoms with Gasteiger partial charge in [-0.1, -0.05) is 48.0 Å². The van der Waals surface area contributed by atoms with E-state index in [1.54, 1.807) is 0 Å². The summed E-state index contributed by atoms with van der Waals surface area (Å²) in [5.74, 6) is 0.969. The number of carbonyl (C=O) groups is 1. The predicted octanol–water partition coefficient (Wildman–Crippen LogP) is 5.64. The van der Waals surface area contributed by atoms with Crippen LogP contribution in [0.4, 0.5) is 4.79 Å². The minimum Gasteiger partial charge on any atom is -0.444 e.